The maximum Gasteiger partial charge on any atom is 0.356 e. The van der Waals surface area contributed by atoms with Crippen molar-refractivity contribution >= 4 is 17.6 Å². The van der Waals surface area contributed by atoms with E-state index in [2.05, 4.69) is 18.8 Å². The molecule has 2 aliphatic heterocycles. The van der Waals surface area contributed by atoms with Gasteiger partial charge in [-0.15, -0.1) is 0 Å². The lowest BCUT2D eigenvalue weighted by molar-refractivity contribution is -0.223. The summed E-state index contributed by atoms with van der Waals surface area (Å²) in [7, 11) is 1.89. The quantitative estimate of drug-likeness (QED) is 0.734. The lowest BCUT2D eigenvalue weighted by Crippen LogP contribution is -2.59. The monoisotopic (exact) mass is 375 g/mol. The van der Waals surface area contributed by atoms with E-state index >= 15 is 0 Å². The third-order valence-corrected chi connectivity index (χ3v) is 4.27. The Morgan fingerprint density at radius 2 is 1.89 bits per heavy atom. The first-order chi connectivity index (χ1) is 12.9. The highest BCUT2D eigenvalue weighted by atomic mass is 16.8. The van der Waals surface area contributed by atoms with Crippen LogP contribution in [0.3, 0.4) is 0 Å². The lowest BCUT2D eigenvalue weighted by atomic mass is 10.2. The number of esters is 2. The maximum absolute atomic E-state index is 12.1. The fraction of sp³-hybridized carbons (Fsp3) is 0.526. The fourth-order valence-electron chi connectivity index (χ4n) is 3.11. The van der Waals surface area contributed by atoms with E-state index in [1.807, 2.05) is 18.0 Å². The van der Waals surface area contributed by atoms with Gasteiger partial charge >= 0.3 is 17.8 Å². The average molecular weight is 375 g/mol. The highest BCUT2D eigenvalue weighted by molar-refractivity contribution is 5.93. The van der Waals surface area contributed by atoms with Crippen LogP contribution in [0, 0.1) is 5.92 Å². The standard InChI is InChI=1S/C19H25N3O5/c1-14(2)12-25-16-9-15(10-20-11-16)22-8-4-7-21(3)13-19(22)26-17(23)5-6-18(24)27-19/h5-6,9-11,14H,4,7-8,12-13H2,1-3H3. The molecule has 8 nitrogen and oxygen atoms in total. The summed E-state index contributed by atoms with van der Waals surface area (Å²) in [5.74, 6) is -1.82. The number of anilines is 1. The predicted octanol–water partition coefficient (Wildman–Crippen LogP) is 1.57. The van der Waals surface area contributed by atoms with Crippen molar-refractivity contribution in [1.29, 1.82) is 0 Å². The van der Waals surface area contributed by atoms with Gasteiger partial charge in [0.2, 0.25) is 0 Å². The first-order valence-electron chi connectivity index (χ1n) is 9.06. The number of aromatic nitrogens is 1. The van der Waals surface area contributed by atoms with Crippen LogP contribution < -0.4 is 9.64 Å². The SMILES string of the molecule is CC(C)COc1cncc(N2CCCN(C)CC23OC(=O)C=CC(=O)O3)c1. The van der Waals surface area contributed by atoms with Crippen LogP contribution in [0.1, 0.15) is 20.3 Å². The molecule has 1 spiro atoms. The Balaban J connectivity index is 1.96. The third-order valence-electron chi connectivity index (χ3n) is 4.27. The first kappa shape index (κ1) is 19.2. The molecule has 1 aromatic heterocycles. The van der Waals surface area contributed by atoms with E-state index in [1.165, 1.54) is 0 Å². The second kappa shape index (κ2) is 7.96. The number of carbonyl (C=O) groups excluding carboxylic acids is 2. The Bertz CT molecular complexity index is 714. The second-order valence-corrected chi connectivity index (χ2v) is 7.21. The van der Waals surface area contributed by atoms with Crippen molar-refractivity contribution in [2.24, 2.45) is 5.92 Å². The Morgan fingerprint density at radius 3 is 2.56 bits per heavy atom. The van der Waals surface area contributed by atoms with Crippen LogP contribution in [0.4, 0.5) is 5.69 Å². The van der Waals surface area contributed by atoms with Crippen molar-refractivity contribution in [3.8, 4) is 5.75 Å². The number of hydrogen-bond donors (Lipinski definition) is 0. The van der Waals surface area contributed by atoms with Gasteiger partial charge in [-0.1, -0.05) is 13.8 Å². The van der Waals surface area contributed by atoms with Gasteiger partial charge in [0.1, 0.15) is 5.75 Å². The van der Waals surface area contributed by atoms with Crippen molar-refractivity contribution < 1.29 is 23.8 Å². The van der Waals surface area contributed by atoms with Gasteiger partial charge in [-0.2, -0.15) is 0 Å². The highest BCUT2D eigenvalue weighted by Gasteiger charge is 2.48. The molecule has 0 aliphatic carbocycles. The largest absolute Gasteiger partial charge is 0.492 e. The van der Waals surface area contributed by atoms with Crippen molar-refractivity contribution in [3.63, 3.8) is 0 Å². The Morgan fingerprint density at radius 1 is 1.19 bits per heavy atom. The van der Waals surface area contributed by atoms with E-state index in [0.717, 1.165) is 25.1 Å². The summed E-state index contributed by atoms with van der Waals surface area (Å²) in [4.78, 5) is 32.2. The van der Waals surface area contributed by atoms with Gasteiger partial charge in [0, 0.05) is 24.8 Å². The predicted molar refractivity (Wildman–Crippen MR) is 98.1 cm³/mol. The Kier molecular flexibility index (Phi) is 5.65. The number of rotatable bonds is 4. The van der Waals surface area contributed by atoms with E-state index < -0.39 is 17.8 Å². The molecule has 1 aromatic rings. The van der Waals surface area contributed by atoms with Crippen LogP contribution in [0.15, 0.2) is 30.6 Å². The molecular formula is C19H25N3O5. The number of pyridine rings is 1. The first-order valence-corrected chi connectivity index (χ1v) is 9.06. The summed E-state index contributed by atoms with van der Waals surface area (Å²) in [5, 5.41) is 0. The van der Waals surface area contributed by atoms with Crippen LogP contribution in [-0.2, 0) is 19.1 Å². The molecule has 0 N–H and O–H groups in total. The second-order valence-electron chi connectivity index (χ2n) is 7.21. The van der Waals surface area contributed by atoms with Crippen LogP contribution in [0.2, 0.25) is 0 Å². The molecule has 1 saturated heterocycles. The zero-order valence-electron chi connectivity index (χ0n) is 15.9. The number of carbonyl (C=O) groups is 2. The van der Waals surface area contributed by atoms with Gasteiger partial charge in [-0.25, -0.2) is 9.59 Å². The lowest BCUT2D eigenvalue weighted by Gasteiger charge is -2.41. The van der Waals surface area contributed by atoms with Crippen LogP contribution in [0.25, 0.3) is 0 Å². The third kappa shape index (κ3) is 4.57. The van der Waals surface area contributed by atoms with E-state index in [0.29, 0.717) is 30.5 Å². The van der Waals surface area contributed by atoms with Crippen LogP contribution >= 0.6 is 0 Å². The summed E-state index contributed by atoms with van der Waals surface area (Å²) >= 11 is 0. The molecule has 0 atom stereocenters. The van der Waals surface area contributed by atoms with Crippen LogP contribution in [-0.4, -0.2) is 61.0 Å². The minimum Gasteiger partial charge on any atom is -0.492 e. The molecule has 0 radical (unpaired) electrons. The highest BCUT2D eigenvalue weighted by Crippen LogP contribution is 2.33. The molecule has 27 heavy (non-hydrogen) atoms. The summed E-state index contributed by atoms with van der Waals surface area (Å²) < 4.78 is 17.0. The summed E-state index contributed by atoms with van der Waals surface area (Å²) in [5.41, 5.74) is 0.661. The van der Waals surface area contributed by atoms with E-state index in [1.54, 1.807) is 17.3 Å². The normalized spacial score (nSPS) is 20.2. The number of nitrogens with zero attached hydrogens (tertiary/aromatic N) is 3. The molecule has 3 rings (SSSR count). The van der Waals surface area contributed by atoms with Crippen molar-refractivity contribution in [2.75, 3.05) is 38.2 Å². The van der Waals surface area contributed by atoms with Crippen molar-refractivity contribution in [1.82, 2.24) is 9.88 Å². The molecule has 146 valence electrons. The van der Waals surface area contributed by atoms with Gasteiger partial charge < -0.3 is 14.2 Å². The Labute approximate surface area is 158 Å². The fourth-order valence-corrected chi connectivity index (χ4v) is 3.11. The zero-order valence-corrected chi connectivity index (χ0v) is 15.9. The van der Waals surface area contributed by atoms with Gasteiger partial charge in [0.15, 0.2) is 0 Å². The van der Waals surface area contributed by atoms with E-state index in [4.69, 9.17) is 14.2 Å². The van der Waals surface area contributed by atoms with Gasteiger partial charge in [0.05, 0.1) is 31.2 Å². The molecule has 2 aliphatic rings. The molecule has 0 unspecified atom stereocenters. The summed E-state index contributed by atoms with van der Waals surface area (Å²) in [6.45, 7) is 6.22. The number of hydrogen-bond acceptors (Lipinski definition) is 8. The van der Waals surface area contributed by atoms with Crippen molar-refractivity contribution in [2.45, 2.75) is 26.2 Å². The van der Waals surface area contributed by atoms with Gasteiger partial charge in [-0.3, -0.25) is 14.8 Å². The summed E-state index contributed by atoms with van der Waals surface area (Å²) in [6.07, 6.45) is 6.25. The van der Waals surface area contributed by atoms with E-state index in [-0.39, 0.29) is 6.54 Å². The van der Waals surface area contributed by atoms with E-state index in [9.17, 15) is 9.59 Å². The molecule has 0 saturated carbocycles. The zero-order chi connectivity index (χ0) is 19.4. The van der Waals surface area contributed by atoms with Gasteiger partial charge in [-0.05, 0) is 25.9 Å². The molecule has 3 heterocycles. The van der Waals surface area contributed by atoms with Gasteiger partial charge in [0.25, 0.3) is 0 Å². The molecule has 0 bridgehead atoms. The van der Waals surface area contributed by atoms with Crippen LogP contribution in [0.5, 0.6) is 5.75 Å². The van der Waals surface area contributed by atoms with Crippen molar-refractivity contribution in [3.05, 3.63) is 30.6 Å². The average Bonchev–Trinajstić information content (AvgIpc) is 2.85. The molecule has 0 aromatic carbocycles. The topological polar surface area (TPSA) is 81.2 Å². The smallest absolute Gasteiger partial charge is 0.356 e. The number of likely N-dealkylation sites (N-methyl/N-ethyl adjacent to an activating group) is 1. The Hall–Kier alpha value is -2.61. The minimum absolute atomic E-state index is 0.225. The summed E-state index contributed by atoms with van der Waals surface area (Å²) in [6, 6.07) is 1.82. The number of ether oxygens (including phenoxy) is 3. The molecular weight excluding hydrogens is 350 g/mol. The maximum atomic E-state index is 12.1. The minimum atomic E-state index is -1.55. The molecule has 1 fully saturated rings. The molecule has 8 heteroatoms. The molecule has 0 amide bonds.